The number of hydrogen-bond donors (Lipinski definition) is 3. The molecule has 0 aliphatic carbocycles. The summed E-state index contributed by atoms with van der Waals surface area (Å²) in [5.74, 6) is -0.497. The Morgan fingerprint density at radius 2 is 1.76 bits per heavy atom. The number of rotatable bonds is 5. The molecule has 3 N–H and O–H groups in total. The Morgan fingerprint density at radius 3 is 2.62 bits per heavy atom. The number of amides is 2. The SMILES string of the molecule is O=C(Nc1ccccc1OC(F)(F)F)Nc1cccc2c1ccn2Cc1ccnc2[nH]ccc12. The Balaban J connectivity index is 1.37. The minimum absolute atomic E-state index is 0.102. The number of fused-ring (bicyclic) bond motifs is 2. The van der Waals surface area contributed by atoms with Crippen molar-refractivity contribution in [2.75, 3.05) is 10.6 Å². The van der Waals surface area contributed by atoms with Crippen LogP contribution in [0.15, 0.2) is 79.3 Å². The molecule has 172 valence electrons. The van der Waals surface area contributed by atoms with Crippen LogP contribution in [0.2, 0.25) is 0 Å². The number of carbonyl (C=O) groups is 1. The topological polar surface area (TPSA) is 84.0 Å². The first-order valence-electron chi connectivity index (χ1n) is 10.3. The van der Waals surface area contributed by atoms with E-state index in [1.165, 1.54) is 18.2 Å². The lowest BCUT2D eigenvalue weighted by molar-refractivity contribution is -0.274. The quantitative estimate of drug-likeness (QED) is 0.293. The summed E-state index contributed by atoms with van der Waals surface area (Å²) < 4.78 is 44.0. The summed E-state index contributed by atoms with van der Waals surface area (Å²) in [4.78, 5) is 20.0. The fraction of sp³-hybridized carbons (Fsp3) is 0.0833. The van der Waals surface area contributed by atoms with Crippen molar-refractivity contribution in [2.24, 2.45) is 0 Å². The molecule has 7 nitrogen and oxygen atoms in total. The summed E-state index contributed by atoms with van der Waals surface area (Å²) in [5, 5.41) is 6.94. The lowest BCUT2D eigenvalue weighted by atomic mass is 10.2. The molecule has 5 rings (SSSR count). The van der Waals surface area contributed by atoms with E-state index >= 15 is 0 Å². The smallest absolute Gasteiger partial charge is 0.404 e. The summed E-state index contributed by atoms with van der Waals surface area (Å²) >= 11 is 0. The van der Waals surface area contributed by atoms with Gasteiger partial charge in [0.1, 0.15) is 5.65 Å². The molecule has 10 heteroatoms. The maximum absolute atomic E-state index is 12.6. The molecule has 3 aromatic heterocycles. The predicted octanol–water partition coefficient (Wildman–Crippen LogP) is 6.11. The second kappa shape index (κ2) is 8.47. The van der Waals surface area contributed by atoms with Gasteiger partial charge in [0.05, 0.1) is 16.9 Å². The highest BCUT2D eigenvalue weighted by Gasteiger charge is 2.32. The number of benzene rings is 2. The number of nitrogens with zero attached hydrogens (tertiary/aromatic N) is 2. The zero-order valence-corrected chi connectivity index (χ0v) is 17.6. The van der Waals surface area contributed by atoms with Crippen LogP contribution in [0.1, 0.15) is 5.56 Å². The zero-order chi connectivity index (χ0) is 23.7. The van der Waals surface area contributed by atoms with Gasteiger partial charge in [-0.25, -0.2) is 9.78 Å². The molecular weight excluding hydrogens is 447 g/mol. The van der Waals surface area contributed by atoms with Gasteiger partial charge >= 0.3 is 12.4 Å². The molecule has 0 aliphatic heterocycles. The Bertz CT molecular complexity index is 1490. The van der Waals surface area contributed by atoms with Crippen LogP contribution >= 0.6 is 0 Å². The second-order valence-corrected chi connectivity index (χ2v) is 7.52. The normalized spacial score (nSPS) is 11.6. The van der Waals surface area contributed by atoms with Gasteiger partial charge in [-0.3, -0.25) is 0 Å². The number of urea groups is 1. The van der Waals surface area contributed by atoms with Crippen LogP contribution in [0.4, 0.5) is 29.3 Å². The highest BCUT2D eigenvalue weighted by molar-refractivity contribution is 6.06. The molecule has 2 amide bonds. The van der Waals surface area contributed by atoms with Gasteiger partial charge in [-0.15, -0.1) is 13.2 Å². The summed E-state index contributed by atoms with van der Waals surface area (Å²) in [6.45, 7) is 0.595. The predicted molar refractivity (Wildman–Crippen MR) is 123 cm³/mol. The van der Waals surface area contributed by atoms with Gasteiger partial charge in [0.25, 0.3) is 0 Å². The van der Waals surface area contributed by atoms with Crippen molar-refractivity contribution < 1.29 is 22.7 Å². The molecule has 0 bridgehead atoms. The number of aromatic amines is 1. The number of nitrogens with one attached hydrogen (secondary N) is 3. The molecule has 5 aromatic rings. The molecule has 0 atom stereocenters. The first-order chi connectivity index (χ1) is 16.4. The standard InChI is InChI=1S/C24H18F3N5O2/c25-24(26,27)34-21-7-2-1-4-19(21)31-23(33)30-18-5-3-6-20-17(18)10-13-32(20)14-15-8-11-28-22-16(15)9-12-29-22/h1-13H,14H2,(H,28,29)(H2,30,31,33). The maximum Gasteiger partial charge on any atom is 0.573 e. The van der Waals surface area contributed by atoms with Gasteiger partial charge in [0.2, 0.25) is 0 Å². The van der Waals surface area contributed by atoms with Crippen molar-refractivity contribution in [2.45, 2.75) is 12.9 Å². The summed E-state index contributed by atoms with van der Waals surface area (Å²) in [5.41, 5.74) is 3.20. The van der Waals surface area contributed by atoms with Crippen LogP contribution < -0.4 is 15.4 Å². The van der Waals surface area contributed by atoms with Crippen molar-refractivity contribution in [3.63, 3.8) is 0 Å². The number of carbonyl (C=O) groups excluding carboxylic acids is 1. The zero-order valence-electron chi connectivity index (χ0n) is 17.6. The summed E-state index contributed by atoms with van der Waals surface area (Å²) in [6.07, 6.45) is 0.633. The van der Waals surface area contributed by atoms with Gasteiger partial charge in [-0.2, -0.15) is 0 Å². The third kappa shape index (κ3) is 4.38. The molecule has 0 unspecified atom stereocenters. The van der Waals surface area contributed by atoms with Crippen LogP contribution in [-0.4, -0.2) is 26.9 Å². The van der Waals surface area contributed by atoms with Crippen LogP contribution in [0, 0.1) is 0 Å². The highest BCUT2D eigenvalue weighted by atomic mass is 19.4. The molecule has 0 saturated heterocycles. The van der Waals surface area contributed by atoms with E-state index in [-0.39, 0.29) is 5.69 Å². The Morgan fingerprint density at radius 1 is 0.971 bits per heavy atom. The van der Waals surface area contributed by atoms with E-state index in [1.54, 1.807) is 18.3 Å². The number of halogens is 3. The summed E-state index contributed by atoms with van der Waals surface area (Å²) in [6, 6.07) is 15.9. The van der Waals surface area contributed by atoms with Crippen LogP contribution in [0.3, 0.4) is 0 Å². The van der Waals surface area contributed by atoms with Gasteiger partial charge in [-0.05, 0) is 48.0 Å². The molecular formula is C24H18F3N5O2. The van der Waals surface area contributed by atoms with E-state index in [2.05, 4.69) is 25.3 Å². The Hall–Kier alpha value is -4.47. The van der Waals surface area contributed by atoms with Gasteiger partial charge in [0, 0.05) is 35.9 Å². The Labute approximate surface area is 191 Å². The van der Waals surface area contributed by atoms with E-state index in [0.29, 0.717) is 12.2 Å². The third-order valence-corrected chi connectivity index (χ3v) is 5.31. The molecule has 0 spiro atoms. The molecule has 0 radical (unpaired) electrons. The molecule has 0 fully saturated rings. The third-order valence-electron chi connectivity index (χ3n) is 5.31. The van der Waals surface area contributed by atoms with Crippen LogP contribution in [0.25, 0.3) is 21.9 Å². The van der Waals surface area contributed by atoms with Crippen molar-refractivity contribution in [3.8, 4) is 5.75 Å². The second-order valence-electron chi connectivity index (χ2n) is 7.52. The maximum atomic E-state index is 12.6. The van der Waals surface area contributed by atoms with Crippen LogP contribution in [0.5, 0.6) is 5.75 Å². The number of pyridine rings is 1. The van der Waals surface area contributed by atoms with Crippen molar-refractivity contribution >= 4 is 39.3 Å². The number of hydrogen-bond acceptors (Lipinski definition) is 3. The number of para-hydroxylation sites is 2. The average Bonchev–Trinajstić information content (AvgIpc) is 3.43. The van der Waals surface area contributed by atoms with E-state index in [1.807, 2.05) is 41.2 Å². The van der Waals surface area contributed by atoms with Crippen molar-refractivity contribution in [1.29, 1.82) is 0 Å². The number of anilines is 2. The van der Waals surface area contributed by atoms with E-state index in [0.717, 1.165) is 33.6 Å². The monoisotopic (exact) mass is 465 g/mol. The van der Waals surface area contributed by atoms with Crippen molar-refractivity contribution in [1.82, 2.24) is 14.5 Å². The Kier molecular flexibility index (Phi) is 5.33. The minimum Gasteiger partial charge on any atom is -0.404 e. The first kappa shape index (κ1) is 21.4. The van der Waals surface area contributed by atoms with E-state index in [4.69, 9.17) is 0 Å². The van der Waals surface area contributed by atoms with Crippen LogP contribution in [-0.2, 0) is 6.54 Å². The number of H-pyrrole nitrogens is 1. The molecule has 2 aromatic carbocycles. The number of aromatic nitrogens is 3. The van der Waals surface area contributed by atoms with Gasteiger partial charge in [-0.1, -0.05) is 18.2 Å². The fourth-order valence-electron chi connectivity index (χ4n) is 3.87. The highest BCUT2D eigenvalue weighted by Crippen LogP contribution is 2.31. The van der Waals surface area contributed by atoms with Gasteiger partial charge in [0.15, 0.2) is 5.75 Å². The lowest BCUT2D eigenvalue weighted by Crippen LogP contribution is -2.22. The van der Waals surface area contributed by atoms with E-state index in [9.17, 15) is 18.0 Å². The molecule has 34 heavy (non-hydrogen) atoms. The lowest BCUT2D eigenvalue weighted by Gasteiger charge is -2.14. The van der Waals surface area contributed by atoms with Crippen molar-refractivity contribution in [3.05, 3.63) is 84.8 Å². The number of alkyl halides is 3. The molecule has 0 saturated carbocycles. The molecule has 3 heterocycles. The average molecular weight is 465 g/mol. The first-order valence-corrected chi connectivity index (χ1v) is 10.3. The summed E-state index contributed by atoms with van der Waals surface area (Å²) in [7, 11) is 0. The fourth-order valence-corrected chi connectivity index (χ4v) is 3.87. The van der Waals surface area contributed by atoms with E-state index < -0.39 is 18.1 Å². The molecule has 0 aliphatic rings. The largest absolute Gasteiger partial charge is 0.573 e. The minimum atomic E-state index is -4.87. The van der Waals surface area contributed by atoms with Gasteiger partial charge < -0.3 is 24.9 Å². The number of ether oxygens (including phenoxy) is 1.